The van der Waals surface area contributed by atoms with Gasteiger partial charge >= 0.3 is 0 Å². The van der Waals surface area contributed by atoms with E-state index < -0.39 is 0 Å². The monoisotopic (exact) mass is 260 g/mol. The van der Waals surface area contributed by atoms with Gasteiger partial charge in [-0.3, -0.25) is 4.79 Å². The van der Waals surface area contributed by atoms with Crippen LogP contribution in [0.1, 0.15) is 12.8 Å². The molecule has 0 aliphatic rings. The Hall–Kier alpha value is -0.930. The first-order valence-corrected chi connectivity index (χ1v) is 5.78. The normalized spacial score (nSPS) is 9.94. The molecule has 1 aromatic carbocycles. The lowest BCUT2D eigenvalue weighted by Crippen LogP contribution is -2.18. The van der Waals surface area contributed by atoms with Gasteiger partial charge in [0.05, 0.1) is 10.7 Å². The van der Waals surface area contributed by atoms with Gasteiger partial charge < -0.3 is 10.6 Å². The van der Waals surface area contributed by atoms with Crippen molar-refractivity contribution in [3.8, 4) is 0 Å². The van der Waals surface area contributed by atoms with Crippen molar-refractivity contribution < 1.29 is 4.79 Å². The lowest BCUT2D eigenvalue weighted by atomic mass is 10.2. The Kier molecular flexibility index (Phi) is 5.43. The first-order valence-electron chi connectivity index (χ1n) is 5.03. The minimum atomic E-state index is 0.0454. The smallest absolute Gasteiger partial charge is 0.219 e. The Morgan fingerprint density at radius 3 is 2.75 bits per heavy atom. The first-order chi connectivity index (χ1) is 7.63. The van der Waals surface area contributed by atoms with Gasteiger partial charge in [-0.05, 0) is 24.6 Å². The van der Waals surface area contributed by atoms with E-state index in [0.29, 0.717) is 23.0 Å². The van der Waals surface area contributed by atoms with Crippen LogP contribution in [0.4, 0.5) is 5.69 Å². The molecule has 0 aliphatic heterocycles. The van der Waals surface area contributed by atoms with E-state index in [9.17, 15) is 4.79 Å². The van der Waals surface area contributed by atoms with Crippen molar-refractivity contribution in [1.82, 2.24) is 5.32 Å². The van der Waals surface area contributed by atoms with Gasteiger partial charge in [-0.15, -0.1) is 0 Å². The fourth-order valence-electron chi connectivity index (χ4n) is 1.23. The van der Waals surface area contributed by atoms with E-state index in [1.807, 2.05) is 6.07 Å². The maximum atomic E-state index is 11.0. The number of amides is 1. The SMILES string of the molecule is CNC(=O)CCCNc1ccc(Cl)cc1Cl. The Labute approximate surface area is 105 Å². The number of halogens is 2. The zero-order valence-corrected chi connectivity index (χ0v) is 10.5. The second kappa shape index (κ2) is 6.61. The maximum absolute atomic E-state index is 11.0. The summed E-state index contributed by atoms with van der Waals surface area (Å²) in [5.41, 5.74) is 0.836. The van der Waals surface area contributed by atoms with Crippen molar-refractivity contribution in [3.05, 3.63) is 28.2 Å². The lowest BCUT2D eigenvalue weighted by molar-refractivity contribution is -0.120. The van der Waals surface area contributed by atoms with E-state index in [1.165, 1.54) is 0 Å². The maximum Gasteiger partial charge on any atom is 0.219 e. The number of nitrogens with one attached hydrogen (secondary N) is 2. The number of carbonyl (C=O) groups excluding carboxylic acids is 1. The highest BCUT2D eigenvalue weighted by Crippen LogP contribution is 2.25. The number of benzene rings is 1. The molecule has 0 fully saturated rings. The van der Waals surface area contributed by atoms with Gasteiger partial charge in [0.15, 0.2) is 0 Å². The molecular formula is C11H14Cl2N2O. The molecule has 0 heterocycles. The molecule has 1 rings (SSSR count). The summed E-state index contributed by atoms with van der Waals surface area (Å²) in [6, 6.07) is 5.28. The third-order valence-corrected chi connectivity index (χ3v) is 2.65. The molecule has 16 heavy (non-hydrogen) atoms. The van der Waals surface area contributed by atoms with Crippen LogP contribution < -0.4 is 10.6 Å². The van der Waals surface area contributed by atoms with Crippen molar-refractivity contribution in [3.63, 3.8) is 0 Å². The Bertz CT molecular complexity index is 369. The Balaban J connectivity index is 2.35. The Morgan fingerprint density at radius 1 is 1.38 bits per heavy atom. The molecule has 0 unspecified atom stereocenters. The van der Waals surface area contributed by atoms with Crippen LogP contribution in [0.3, 0.4) is 0 Å². The molecular weight excluding hydrogens is 247 g/mol. The van der Waals surface area contributed by atoms with Crippen LogP contribution in [0.2, 0.25) is 10.0 Å². The molecule has 1 amide bonds. The predicted octanol–water partition coefficient (Wildman–Crippen LogP) is 2.93. The molecule has 0 spiro atoms. The van der Waals surface area contributed by atoms with Crippen LogP contribution in [0.25, 0.3) is 0 Å². The van der Waals surface area contributed by atoms with E-state index in [-0.39, 0.29) is 5.91 Å². The number of anilines is 1. The summed E-state index contributed by atoms with van der Waals surface area (Å²) in [5.74, 6) is 0.0454. The van der Waals surface area contributed by atoms with Gasteiger partial charge in [-0.1, -0.05) is 23.2 Å². The quantitative estimate of drug-likeness (QED) is 0.800. The summed E-state index contributed by atoms with van der Waals surface area (Å²) >= 11 is 11.7. The van der Waals surface area contributed by atoms with Crippen molar-refractivity contribution in [2.24, 2.45) is 0 Å². The molecule has 0 saturated carbocycles. The van der Waals surface area contributed by atoms with Gasteiger partial charge in [0.25, 0.3) is 0 Å². The number of hydrogen-bond acceptors (Lipinski definition) is 2. The van der Waals surface area contributed by atoms with E-state index in [2.05, 4.69) is 10.6 Å². The summed E-state index contributed by atoms with van der Waals surface area (Å²) in [6.45, 7) is 0.703. The summed E-state index contributed by atoms with van der Waals surface area (Å²) in [5, 5.41) is 6.92. The van der Waals surface area contributed by atoms with Gasteiger partial charge in [-0.2, -0.15) is 0 Å². The molecule has 0 radical (unpaired) electrons. The average molecular weight is 261 g/mol. The highest BCUT2D eigenvalue weighted by atomic mass is 35.5. The second-order valence-electron chi connectivity index (χ2n) is 3.33. The molecule has 0 bridgehead atoms. The van der Waals surface area contributed by atoms with Crippen LogP contribution in [0.15, 0.2) is 18.2 Å². The van der Waals surface area contributed by atoms with Gasteiger partial charge in [-0.25, -0.2) is 0 Å². The summed E-state index contributed by atoms with van der Waals surface area (Å²) in [4.78, 5) is 11.0. The third kappa shape index (κ3) is 4.29. The van der Waals surface area contributed by atoms with E-state index >= 15 is 0 Å². The molecule has 2 N–H and O–H groups in total. The van der Waals surface area contributed by atoms with Crippen LogP contribution in [0.5, 0.6) is 0 Å². The van der Waals surface area contributed by atoms with E-state index in [0.717, 1.165) is 12.1 Å². The largest absolute Gasteiger partial charge is 0.384 e. The fraction of sp³-hybridized carbons (Fsp3) is 0.364. The number of rotatable bonds is 5. The zero-order chi connectivity index (χ0) is 12.0. The molecule has 1 aromatic rings. The molecule has 5 heteroatoms. The summed E-state index contributed by atoms with van der Waals surface area (Å²) in [6.07, 6.45) is 1.27. The second-order valence-corrected chi connectivity index (χ2v) is 4.17. The summed E-state index contributed by atoms with van der Waals surface area (Å²) in [7, 11) is 1.63. The zero-order valence-electron chi connectivity index (χ0n) is 9.02. The van der Waals surface area contributed by atoms with Crippen LogP contribution in [-0.2, 0) is 4.79 Å². The molecule has 0 aliphatic carbocycles. The standard InChI is InChI=1S/C11H14Cl2N2O/c1-14-11(16)3-2-6-15-10-5-4-8(12)7-9(10)13/h4-5,7,15H,2-3,6H2,1H3,(H,14,16). The average Bonchev–Trinajstić information content (AvgIpc) is 2.26. The summed E-state index contributed by atoms with van der Waals surface area (Å²) < 4.78 is 0. The van der Waals surface area contributed by atoms with Crippen molar-refractivity contribution >= 4 is 34.8 Å². The van der Waals surface area contributed by atoms with Crippen molar-refractivity contribution in [1.29, 1.82) is 0 Å². The predicted molar refractivity (Wildman–Crippen MR) is 68.3 cm³/mol. The minimum absolute atomic E-state index is 0.0454. The van der Waals surface area contributed by atoms with Crippen molar-refractivity contribution in [2.45, 2.75) is 12.8 Å². The molecule has 88 valence electrons. The lowest BCUT2D eigenvalue weighted by Gasteiger charge is -2.08. The van der Waals surface area contributed by atoms with E-state index in [4.69, 9.17) is 23.2 Å². The molecule has 0 aromatic heterocycles. The highest BCUT2D eigenvalue weighted by molar-refractivity contribution is 6.36. The van der Waals surface area contributed by atoms with Gasteiger partial charge in [0.1, 0.15) is 0 Å². The van der Waals surface area contributed by atoms with Gasteiger partial charge in [0, 0.05) is 25.0 Å². The van der Waals surface area contributed by atoms with Crippen LogP contribution in [-0.4, -0.2) is 19.5 Å². The fourth-order valence-corrected chi connectivity index (χ4v) is 1.71. The number of hydrogen-bond donors (Lipinski definition) is 2. The van der Waals surface area contributed by atoms with Crippen LogP contribution >= 0.6 is 23.2 Å². The molecule has 3 nitrogen and oxygen atoms in total. The van der Waals surface area contributed by atoms with Gasteiger partial charge in [0.2, 0.25) is 5.91 Å². The highest BCUT2D eigenvalue weighted by Gasteiger charge is 2.01. The van der Waals surface area contributed by atoms with E-state index in [1.54, 1.807) is 19.2 Å². The Morgan fingerprint density at radius 2 is 2.12 bits per heavy atom. The number of carbonyl (C=O) groups is 1. The third-order valence-electron chi connectivity index (χ3n) is 2.11. The molecule has 0 atom stereocenters. The minimum Gasteiger partial charge on any atom is -0.384 e. The van der Waals surface area contributed by atoms with Crippen LogP contribution in [0, 0.1) is 0 Å². The molecule has 0 saturated heterocycles. The first kappa shape index (κ1) is 13.1. The van der Waals surface area contributed by atoms with Crippen molar-refractivity contribution in [2.75, 3.05) is 18.9 Å². The topological polar surface area (TPSA) is 41.1 Å².